The predicted molar refractivity (Wildman–Crippen MR) is 109 cm³/mol. The summed E-state index contributed by atoms with van der Waals surface area (Å²) < 4.78 is 0.965. The summed E-state index contributed by atoms with van der Waals surface area (Å²) in [6.07, 6.45) is 0. The van der Waals surface area contributed by atoms with Gasteiger partial charge in [0.15, 0.2) is 0 Å². The maximum Gasteiger partial charge on any atom is 0.338 e. The highest BCUT2D eigenvalue weighted by molar-refractivity contribution is 9.10. The molecule has 2 aromatic carbocycles. The minimum atomic E-state index is -1.06. The molecule has 1 aromatic heterocycles. The van der Waals surface area contributed by atoms with Crippen molar-refractivity contribution in [2.75, 3.05) is 5.32 Å². The normalized spacial score (nSPS) is 11.7. The molecule has 0 saturated heterocycles. The van der Waals surface area contributed by atoms with E-state index >= 15 is 0 Å². The fourth-order valence-corrected chi connectivity index (χ4v) is 4.37. The SMILES string of the molecule is O=C(O)c1ccsc1NC(=O)C(Sc1ccc(Br)cc1)c1ccccc1. The molecule has 0 bridgehead atoms. The number of carbonyl (C=O) groups is 2. The van der Waals surface area contributed by atoms with Crippen LogP contribution in [0.4, 0.5) is 5.00 Å². The standard InChI is InChI=1S/C19H14BrNO3S2/c20-13-6-8-14(9-7-13)26-16(12-4-2-1-3-5-12)17(22)21-18-15(19(23)24)10-11-25-18/h1-11,16H,(H,21,22)(H,23,24). The Hall–Kier alpha value is -2.09. The lowest BCUT2D eigenvalue weighted by atomic mass is 10.1. The van der Waals surface area contributed by atoms with Crippen LogP contribution < -0.4 is 5.32 Å². The van der Waals surface area contributed by atoms with Crippen molar-refractivity contribution in [1.29, 1.82) is 0 Å². The Morgan fingerprint density at radius 1 is 1.04 bits per heavy atom. The molecule has 3 rings (SSSR count). The van der Waals surface area contributed by atoms with E-state index in [0.717, 1.165) is 14.9 Å². The molecule has 1 amide bonds. The lowest BCUT2D eigenvalue weighted by Gasteiger charge is -2.17. The van der Waals surface area contributed by atoms with Crippen LogP contribution in [0, 0.1) is 0 Å². The quantitative estimate of drug-likeness (QED) is 0.476. The molecule has 4 nitrogen and oxygen atoms in total. The number of anilines is 1. The molecule has 1 heterocycles. The third kappa shape index (κ3) is 4.55. The maximum atomic E-state index is 12.9. The Balaban J connectivity index is 1.87. The second-order valence-corrected chi connectivity index (χ2v) is 8.33. The second kappa shape index (κ2) is 8.53. The van der Waals surface area contributed by atoms with Gasteiger partial charge in [-0.25, -0.2) is 4.79 Å². The molecule has 0 aliphatic heterocycles. The molecule has 0 aliphatic rings. The van der Waals surface area contributed by atoms with Crippen molar-refractivity contribution in [3.05, 3.63) is 81.6 Å². The largest absolute Gasteiger partial charge is 0.478 e. The monoisotopic (exact) mass is 447 g/mol. The van der Waals surface area contributed by atoms with Crippen LogP contribution in [0.2, 0.25) is 0 Å². The van der Waals surface area contributed by atoms with E-state index in [1.165, 1.54) is 29.2 Å². The van der Waals surface area contributed by atoms with Crippen LogP contribution in [0.25, 0.3) is 0 Å². The second-order valence-electron chi connectivity index (χ2n) is 5.32. The fraction of sp³-hybridized carbons (Fsp3) is 0.0526. The number of hydrogen-bond acceptors (Lipinski definition) is 4. The molecule has 0 radical (unpaired) electrons. The van der Waals surface area contributed by atoms with Crippen LogP contribution >= 0.6 is 39.0 Å². The van der Waals surface area contributed by atoms with Crippen molar-refractivity contribution in [2.24, 2.45) is 0 Å². The van der Waals surface area contributed by atoms with E-state index in [1.807, 2.05) is 54.6 Å². The van der Waals surface area contributed by atoms with E-state index in [2.05, 4.69) is 21.2 Å². The Morgan fingerprint density at radius 3 is 2.38 bits per heavy atom. The van der Waals surface area contributed by atoms with Gasteiger partial charge < -0.3 is 10.4 Å². The van der Waals surface area contributed by atoms with Gasteiger partial charge in [-0.05, 0) is 41.3 Å². The molecule has 2 N–H and O–H groups in total. The highest BCUT2D eigenvalue weighted by atomic mass is 79.9. The number of nitrogens with one attached hydrogen (secondary N) is 1. The molecule has 0 saturated carbocycles. The molecular formula is C19H14BrNO3S2. The molecule has 1 unspecified atom stereocenters. The molecule has 7 heteroatoms. The first-order chi connectivity index (χ1) is 12.5. The molecule has 26 heavy (non-hydrogen) atoms. The van der Waals surface area contributed by atoms with E-state index in [4.69, 9.17) is 0 Å². The molecule has 0 fully saturated rings. The Morgan fingerprint density at radius 2 is 1.73 bits per heavy atom. The summed E-state index contributed by atoms with van der Waals surface area (Å²) in [4.78, 5) is 25.1. The minimum absolute atomic E-state index is 0.101. The van der Waals surface area contributed by atoms with Crippen molar-refractivity contribution in [1.82, 2.24) is 0 Å². The van der Waals surface area contributed by atoms with Crippen LogP contribution in [0.15, 0.2) is 75.4 Å². The first kappa shape index (κ1) is 18.7. The first-order valence-electron chi connectivity index (χ1n) is 7.63. The zero-order valence-corrected chi connectivity index (χ0v) is 16.6. The number of carbonyl (C=O) groups excluding carboxylic acids is 1. The average molecular weight is 448 g/mol. The smallest absolute Gasteiger partial charge is 0.338 e. The number of carboxylic acids is 1. The lowest BCUT2D eigenvalue weighted by Crippen LogP contribution is -2.19. The number of thiophene rings is 1. The number of hydrogen-bond donors (Lipinski definition) is 2. The summed E-state index contributed by atoms with van der Waals surface area (Å²) in [5.74, 6) is -1.31. The zero-order valence-electron chi connectivity index (χ0n) is 13.4. The molecule has 0 aliphatic carbocycles. The van der Waals surface area contributed by atoms with Crippen molar-refractivity contribution >= 4 is 55.9 Å². The van der Waals surface area contributed by atoms with Crippen molar-refractivity contribution in [3.63, 3.8) is 0 Å². The number of rotatable bonds is 6. The van der Waals surface area contributed by atoms with Gasteiger partial charge in [-0.15, -0.1) is 23.1 Å². The highest BCUT2D eigenvalue weighted by Crippen LogP contribution is 2.37. The van der Waals surface area contributed by atoms with Crippen LogP contribution in [0.1, 0.15) is 21.2 Å². The van der Waals surface area contributed by atoms with Gasteiger partial charge in [0, 0.05) is 9.37 Å². The summed E-state index contributed by atoms with van der Waals surface area (Å²) in [6.45, 7) is 0. The Bertz CT molecular complexity index is 910. The van der Waals surface area contributed by atoms with E-state index in [9.17, 15) is 14.7 Å². The number of carboxylic acid groups (broad SMARTS) is 1. The minimum Gasteiger partial charge on any atom is -0.478 e. The van der Waals surface area contributed by atoms with Gasteiger partial charge in [-0.3, -0.25) is 4.79 Å². The van der Waals surface area contributed by atoms with E-state index in [0.29, 0.717) is 5.00 Å². The van der Waals surface area contributed by atoms with Gasteiger partial charge in [-0.1, -0.05) is 46.3 Å². The summed E-state index contributed by atoms with van der Waals surface area (Å²) in [6, 6.07) is 18.6. The maximum absolute atomic E-state index is 12.9. The van der Waals surface area contributed by atoms with Crippen LogP contribution in [-0.2, 0) is 4.79 Å². The van der Waals surface area contributed by atoms with Crippen LogP contribution in [0.5, 0.6) is 0 Å². The number of aromatic carboxylic acids is 1. The van der Waals surface area contributed by atoms with Gasteiger partial charge in [0.2, 0.25) is 5.91 Å². The van der Waals surface area contributed by atoms with E-state index < -0.39 is 11.2 Å². The van der Waals surface area contributed by atoms with E-state index in [1.54, 1.807) is 5.38 Å². The number of amides is 1. The van der Waals surface area contributed by atoms with Gasteiger partial charge in [0.25, 0.3) is 0 Å². The average Bonchev–Trinajstić information content (AvgIpc) is 3.10. The predicted octanol–water partition coefficient (Wildman–Crippen LogP) is 5.68. The number of thioether (sulfide) groups is 1. The van der Waals surface area contributed by atoms with Crippen LogP contribution in [0.3, 0.4) is 0 Å². The molecule has 1 atom stereocenters. The molecule has 0 spiro atoms. The summed E-state index contributed by atoms with van der Waals surface area (Å²) in [5, 5.41) is 13.5. The van der Waals surface area contributed by atoms with Crippen LogP contribution in [-0.4, -0.2) is 17.0 Å². The summed E-state index contributed by atoms with van der Waals surface area (Å²) in [5.41, 5.74) is 0.954. The summed E-state index contributed by atoms with van der Waals surface area (Å²) >= 11 is 6.02. The van der Waals surface area contributed by atoms with Crippen molar-refractivity contribution in [2.45, 2.75) is 10.1 Å². The van der Waals surface area contributed by atoms with Gasteiger partial charge in [-0.2, -0.15) is 0 Å². The van der Waals surface area contributed by atoms with Crippen molar-refractivity contribution < 1.29 is 14.7 Å². The highest BCUT2D eigenvalue weighted by Gasteiger charge is 2.24. The van der Waals surface area contributed by atoms with E-state index in [-0.39, 0.29) is 11.5 Å². The van der Waals surface area contributed by atoms with Crippen molar-refractivity contribution in [3.8, 4) is 0 Å². The number of halogens is 1. The molecule has 3 aromatic rings. The molecular weight excluding hydrogens is 434 g/mol. The summed E-state index contributed by atoms with van der Waals surface area (Å²) in [7, 11) is 0. The number of benzene rings is 2. The Labute approximate surface area is 167 Å². The van der Waals surface area contributed by atoms with Gasteiger partial charge in [0.1, 0.15) is 10.3 Å². The topological polar surface area (TPSA) is 66.4 Å². The third-order valence-electron chi connectivity index (χ3n) is 3.54. The first-order valence-corrected chi connectivity index (χ1v) is 10.2. The van der Waals surface area contributed by atoms with Gasteiger partial charge >= 0.3 is 5.97 Å². The third-order valence-corrected chi connectivity index (χ3v) is 6.17. The van der Waals surface area contributed by atoms with Gasteiger partial charge in [0.05, 0.1) is 5.56 Å². The molecule has 132 valence electrons. The zero-order chi connectivity index (χ0) is 18.5. The lowest BCUT2D eigenvalue weighted by molar-refractivity contribution is -0.115. The Kier molecular flexibility index (Phi) is 6.13. The fourth-order valence-electron chi connectivity index (χ4n) is 2.30.